The van der Waals surface area contributed by atoms with Gasteiger partial charge in [-0.15, -0.1) is 11.3 Å². The van der Waals surface area contributed by atoms with Crippen LogP contribution in [0.1, 0.15) is 35.3 Å². The lowest BCUT2D eigenvalue weighted by atomic mass is 10.1. The number of aliphatic hydroxyl groups is 1. The second kappa shape index (κ2) is 6.26. The van der Waals surface area contributed by atoms with Gasteiger partial charge in [0.05, 0.1) is 23.8 Å². The lowest BCUT2D eigenvalue weighted by Gasteiger charge is -2.28. The third-order valence-corrected chi connectivity index (χ3v) is 3.80. The van der Waals surface area contributed by atoms with Crippen molar-refractivity contribution >= 4 is 17.2 Å². The van der Waals surface area contributed by atoms with Crippen molar-refractivity contribution in [2.75, 3.05) is 13.2 Å². The van der Waals surface area contributed by atoms with E-state index in [0.717, 1.165) is 17.8 Å². The van der Waals surface area contributed by atoms with Gasteiger partial charge in [-0.1, -0.05) is 6.92 Å². The van der Waals surface area contributed by atoms with E-state index in [1.165, 1.54) is 11.3 Å². The van der Waals surface area contributed by atoms with Gasteiger partial charge < -0.3 is 15.2 Å². The summed E-state index contributed by atoms with van der Waals surface area (Å²) in [5, 5.41) is 15.3. The minimum absolute atomic E-state index is 0.209. The Morgan fingerprint density at radius 1 is 1.72 bits per heavy atom. The summed E-state index contributed by atoms with van der Waals surface area (Å²) >= 11 is 1.51. The van der Waals surface area contributed by atoms with Gasteiger partial charge in [0, 0.05) is 12.0 Å². The molecule has 1 amide bonds. The van der Waals surface area contributed by atoms with Gasteiger partial charge in [0.2, 0.25) is 0 Å². The number of aryl methyl sites for hydroxylation is 1. The molecule has 1 saturated heterocycles. The number of rotatable bonds is 4. The first-order chi connectivity index (χ1) is 8.70. The predicted octanol–water partition coefficient (Wildman–Crippen LogP) is 0.975. The molecule has 1 fully saturated rings. The first-order valence-electron chi connectivity index (χ1n) is 6.21. The molecular weight excluding hydrogens is 252 g/mol. The second-order valence-corrected chi connectivity index (χ2v) is 5.33. The zero-order valence-electron chi connectivity index (χ0n) is 10.4. The van der Waals surface area contributed by atoms with Crippen LogP contribution < -0.4 is 5.32 Å². The maximum absolute atomic E-state index is 12.0. The van der Waals surface area contributed by atoms with Crippen LogP contribution in [0.2, 0.25) is 0 Å². The lowest BCUT2D eigenvalue weighted by molar-refractivity contribution is -0.0261. The van der Waals surface area contributed by atoms with Gasteiger partial charge >= 0.3 is 0 Å². The maximum Gasteiger partial charge on any atom is 0.271 e. The highest BCUT2D eigenvalue weighted by molar-refractivity contribution is 7.09. The quantitative estimate of drug-likeness (QED) is 0.855. The highest BCUT2D eigenvalue weighted by Crippen LogP contribution is 2.13. The minimum Gasteiger partial charge on any atom is -0.389 e. The predicted molar refractivity (Wildman–Crippen MR) is 68.8 cm³/mol. The van der Waals surface area contributed by atoms with Crippen molar-refractivity contribution in [2.24, 2.45) is 0 Å². The third kappa shape index (κ3) is 3.28. The second-order valence-electron chi connectivity index (χ2n) is 4.39. The van der Waals surface area contributed by atoms with Gasteiger partial charge in [-0.25, -0.2) is 4.98 Å². The van der Waals surface area contributed by atoms with Gasteiger partial charge in [-0.05, 0) is 19.3 Å². The molecule has 1 aromatic heterocycles. The van der Waals surface area contributed by atoms with Crippen molar-refractivity contribution in [1.82, 2.24) is 10.3 Å². The maximum atomic E-state index is 12.0. The number of amides is 1. The Bertz CT molecular complexity index is 408. The van der Waals surface area contributed by atoms with E-state index in [4.69, 9.17) is 4.74 Å². The van der Waals surface area contributed by atoms with Gasteiger partial charge in [-0.2, -0.15) is 0 Å². The molecule has 2 rings (SSSR count). The topological polar surface area (TPSA) is 71.5 Å². The van der Waals surface area contributed by atoms with Crippen molar-refractivity contribution in [2.45, 2.75) is 38.3 Å². The summed E-state index contributed by atoms with van der Waals surface area (Å²) in [6.07, 6.45) is 1.93. The molecule has 100 valence electrons. The summed E-state index contributed by atoms with van der Waals surface area (Å²) in [7, 11) is 0. The van der Waals surface area contributed by atoms with Crippen molar-refractivity contribution in [3.05, 3.63) is 16.1 Å². The van der Waals surface area contributed by atoms with Gasteiger partial charge in [0.15, 0.2) is 0 Å². The largest absolute Gasteiger partial charge is 0.389 e. The number of nitrogens with one attached hydrogen (secondary N) is 1. The van der Waals surface area contributed by atoms with E-state index in [2.05, 4.69) is 17.2 Å². The van der Waals surface area contributed by atoms with E-state index < -0.39 is 6.10 Å². The number of ether oxygens (including phenoxy) is 1. The van der Waals surface area contributed by atoms with E-state index in [-0.39, 0.29) is 18.6 Å². The molecule has 0 unspecified atom stereocenters. The zero-order valence-corrected chi connectivity index (χ0v) is 11.2. The fourth-order valence-corrected chi connectivity index (χ4v) is 2.76. The number of thiazole rings is 1. The van der Waals surface area contributed by atoms with Gasteiger partial charge in [-0.3, -0.25) is 4.79 Å². The van der Waals surface area contributed by atoms with Gasteiger partial charge in [0.1, 0.15) is 5.69 Å². The summed E-state index contributed by atoms with van der Waals surface area (Å²) in [5.41, 5.74) is 0.446. The Balaban J connectivity index is 1.93. The SMILES string of the molecule is CCCc1nc(C(=O)N[C@@H]2CCOC[C@H]2O)cs1. The molecule has 6 heteroatoms. The molecular formula is C12H18N2O3S. The fraction of sp³-hybridized carbons (Fsp3) is 0.667. The first kappa shape index (κ1) is 13.5. The third-order valence-electron chi connectivity index (χ3n) is 2.89. The zero-order chi connectivity index (χ0) is 13.0. The van der Waals surface area contributed by atoms with E-state index in [1.54, 1.807) is 5.38 Å². The van der Waals surface area contributed by atoms with Crippen molar-refractivity contribution in [3.8, 4) is 0 Å². The molecule has 1 aliphatic rings. The minimum atomic E-state index is -0.628. The first-order valence-corrected chi connectivity index (χ1v) is 7.09. The van der Waals surface area contributed by atoms with Gasteiger partial charge in [0.25, 0.3) is 5.91 Å². The molecule has 0 spiro atoms. The molecule has 2 atom stereocenters. The van der Waals surface area contributed by atoms with Crippen LogP contribution >= 0.6 is 11.3 Å². The average Bonchev–Trinajstić information content (AvgIpc) is 2.81. The van der Waals surface area contributed by atoms with Crippen LogP contribution in [0.25, 0.3) is 0 Å². The summed E-state index contributed by atoms with van der Waals surface area (Å²) in [6.45, 7) is 2.93. The Labute approximate surface area is 110 Å². The molecule has 0 bridgehead atoms. The Kier molecular flexibility index (Phi) is 4.68. The molecule has 0 aromatic carbocycles. The molecule has 0 radical (unpaired) electrons. The van der Waals surface area contributed by atoms with E-state index in [0.29, 0.717) is 18.7 Å². The van der Waals surface area contributed by atoms with E-state index in [1.807, 2.05) is 0 Å². The monoisotopic (exact) mass is 270 g/mol. The van der Waals surface area contributed by atoms with E-state index in [9.17, 15) is 9.90 Å². The molecule has 0 aliphatic carbocycles. The van der Waals surface area contributed by atoms with Crippen LogP contribution in [0.4, 0.5) is 0 Å². The molecule has 0 saturated carbocycles. The van der Waals surface area contributed by atoms with E-state index >= 15 is 0 Å². The highest BCUT2D eigenvalue weighted by atomic mass is 32.1. The summed E-state index contributed by atoms with van der Waals surface area (Å²) in [6, 6.07) is -0.234. The number of nitrogens with zero attached hydrogens (tertiary/aromatic N) is 1. The molecule has 2 N–H and O–H groups in total. The van der Waals surface area contributed by atoms with Crippen molar-refractivity contribution in [3.63, 3.8) is 0 Å². The summed E-state index contributed by atoms with van der Waals surface area (Å²) < 4.78 is 5.12. The molecule has 1 aromatic rings. The molecule has 2 heterocycles. The Hall–Kier alpha value is -0.980. The smallest absolute Gasteiger partial charge is 0.271 e. The van der Waals surface area contributed by atoms with Crippen LogP contribution in [-0.4, -0.2) is 41.4 Å². The number of hydrogen-bond donors (Lipinski definition) is 2. The van der Waals surface area contributed by atoms with Crippen LogP contribution in [-0.2, 0) is 11.2 Å². The number of aromatic nitrogens is 1. The van der Waals surface area contributed by atoms with Crippen molar-refractivity contribution in [1.29, 1.82) is 0 Å². The number of carbonyl (C=O) groups is 1. The summed E-state index contributed by atoms with van der Waals surface area (Å²) in [4.78, 5) is 16.2. The standard InChI is InChI=1S/C12H18N2O3S/c1-2-3-11-13-9(7-18-11)12(16)14-8-4-5-17-6-10(8)15/h7-8,10,15H,2-6H2,1H3,(H,14,16)/t8-,10-/m1/s1. The van der Waals surface area contributed by atoms with Crippen molar-refractivity contribution < 1.29 is 14.6 Å². The Morgan fingerprint density at radius 2 is 2.56 bits per heavy atom. The number of carbonyl (C=O) groups excluding carboxylic acids is 1. The summed E-state index contributed by atoms with van der Waals surface area (Å²) in [5.74, 6) is -0.209. The highest BCUT2D eigenvalue weighted by Gasteiger charge is 2.26. The molecule has 18 heavy (non-hydrogen) atoms. The van der Waals surface area contributed by atoms with Crippen LogP contribution in [0.3, 0.4) is 0 Å². The Morgan fingerprint density at radius 3 is 3.28 bits per heavy atom. The normalized spacial score (nSPS) is 23.9. The number of aliphatic hydroxyl groups excluding tert-OH is 1. The van der Waals surface area contributed by atoms with Crippen LogP contribution in [0.15, 0.2) is 5.38 Å². The molecule has 1 aliphatic heterocycles. The lowest BCUT2D eigenvalue weighted by Crippen LogP contribution is -2.48. The average molecular weight is 270 g/mol. The molecule has 5 nitrogen and oxygen atoms in total. The fourth-order valence-electron chi connectivity index (χ4n) is 1.88. The number of hydrogen-bond acceptors (Lipinski definition) is 5. The van der Waals surface area contributed by atoms with Crippen LogP contribution in [0.5, 0.6) is 0 Å². The van der Waals surface area contributed by atoms with Crippen LogP contribution in [0, 0.1) is 0 Å².